The van der Waals surface area contributed by atoms with Crippen LogP contribution in [0.25, 0.3) is 0 Å². The number of halogens is 1. The highest BCUT2D eigenvalue weighted by Crippen LogP contribution is 2.43. The average molecular weight is 516 g/mol. The Morgan fingerprint density at radius 1 is 1.06 bits per heavy atom. The van der Waals surface area contributed by atoms with Crippen molar-refractivity contribution in [1.82, 2.24) is 9.80 Å². The van der Waals surface area contributed by atoms with E-state index >= 15 is 0 Å². The molecule has 0 saturated carbocycles. The number of amides is 2. The number of benzene rings is 2. The fourth-order valence-corrected chi connectivity index (χ4v) is 6.32. The van der Waals surface area contributed by atoms with Crippen LogP contribution in [0.15, 0.2) is 48.5 Å². The van der Waals surface area contributed by atoms with Crippen LogP contribution in [-0.2, 0) is 21.1 Å². The summed E-state index contributed by atoms with van der Waals surface area (Å²) in [7, 11) is -3.44. The van der Waals surface area contributed by atoms with E-state index in [1.54, 1.807) is 23.1 Å². The molecule has 194 valence electrons. The zero-order valence-electron chi connectivity index (χ0n) is 20.6. The quantitative estimate of drug-likeness (QED) is 0.525. The Labute approximate surface area is 212 Å². The van der Waals surface area contributed by atoms with Gasteiger partial charge in [-0.1, -0.05) is 24.3 Å². The molecule has 4 rings (SSSR count). The van der Waals surface area contributed by atoms with Crippen molar-refractivity contribution in [3.63, 3.8) is 0 Å². The summed E-state index contributed by atoms with van der Waals surface area (Å²) in [6, 6.07) is 14.5. The van der Waals surface area contributed by atoms with Gasteiger partial charge in [0.1, 0.15) is 11.6 Å². The molecule has 9 heteroatoms. The molecule has 7 nitrogen and oxygen atoms in total. The number of sulfone groups is 1. The summed E-state index contributed by atoms with van der Waals surface area (Å²) < 4.78 is 36.8. The summed E-state index contributed by atoms with van der Waals surface area (Å²) in [5, 5.41) is 0. The fraction of sp³-hybridized carbons (Fsp3) is 0.481. The SMILES string of the molecule is CS(=O)(=O)CC(=O)N(CCc1ccc(F)cc1)CCN1C2CCC1CC(c1cccc(C(N)=O)c1)C2. The first kappa shape index (κ1) is 26.3. The minimum atomic E-state index is -3.44. The number of hydrogen-bond acceptors (Lipinski definition) is 5. The van der Waals surface area contributed by atoms with Gasteiger partial charge in [-0.15, -0.1) is 0 Å². The number of nitrogens with two attached hydrogens (primary N) is 1. The number of piperidine rings is 1. The van der Waals surface area contributed by atoms with Crippen LogP contribution in [0.4, 0.5) is 4.39 Å². The maximum absolute atomic E-state index is 13.2. The molecule has 0 radical (unpaired) electrons. The molecule has 2 aliphatic rings. The van der Waals surface area contributed by atoms with E-state index in [0.29, 0.717) is 49.6 Å². The largest absolute Gasteiger partial charge is 0.366 e. The maximum Gasteiger partial charge on any atom is 0.248 e. The van der Waals surface area contributed by atoms with Crippen molar-refractivity contribution < 1.29 is 22.4 Å². The molecule has 0 aliphatic carbocycles. The normalized spacial score (nSPS) is 21.9. The van der Waals surface area contributed by atoms with Gasteiger partial charge in [0, 0.05) is 43.5 Å². The van der Waals surface area contributed by atoms with Crippen molar-refractivity contribution in [2.45, 2.75) is 50.1 Å². The summed E-state index contributed by atoms with van der Waals surface area (Å²) in [4.78, 5) is 28.5. The monoisotopic (exact) mass is 515 g/mol. The summed E-state index contributed by atoms with van der Waals surface area (Å²) in [6.07, 6.45) is 5.73. The molecule has 0 aromatic heterocycles. The third kappa shape index (κ3) is 6.70. The standard InChI is InChI=1S/C27H34FN3O4S/c1-36(34,35)18-26(32)30(12-11-19-5-7-23(28)8-6-19)13-14-31-24-9-10-25(31)17-22(16-24)20-3-2-4-21(15-20)27(29)33/h2-8,15,22,24-25H,9-14,16-18H2,1H3,(H2,29,33). The van der Waals surface area contributed by atoms with Crippen LogP contribution in [0.3, 0.4) is 0 Å². The van der Waals surface area contributed by atoms with Crippen LogP contribution in [0.2, 0.25) is 0 Å². The summed E-state index contributed by atoms with van der Waals surface area (Å²) in [6.45, 7) is 1.51. The zero-order chi connectivity index (χ0) is 25.9. The average Bonchev–Trinajstić information content (AvgIpc) is 3.05. The number of primary amides is 1. The molecule has 2 fully saturated rings. The van der Waals surface area contributed by atoms with Crippen molar-refractivity contribution in [1.29, 1.82) is 0 Å². The number of carbonyl (C=O) groups excluding carboxylic acids is 2. The van der Waals surface area contributed by atoms with Gasteiger partial charge in [0.25, 0.3) is 0 Å². The van der Waals surface area contributed by atoms with Gasteiger partial charge in [-0.05, 0) is 73.4 Å². The number of carbonyl (C=O) groups is 2. The Morgan fingerprint density at radius 3 is 2.33 bits per heavy atom. The molecule has 36 heavy (non-hydrogen) atoms. The van der Waals surface area contributed by atoms with Crippen molar-refractivity contribution in [3.8, 4) is 0 Å². The minimum absolute atomic E-state index is 0.316. The van der Waals surface area contributed by atoms with Gasteiger partial charge >= 0.3 is 0 Å². The van der Waals surface area contributed by atoms with Crippen molar-refractivity contribution in [3.05, 3.63) is 71.0 Å². The maximum atomic E-state index is 13.2. The van der Waals surface area contributed by atoms with Crippen LogP contribution < -0.4 is 5.73 Å². The van der Waals surface area contributed by atoms with Gasteiger partial charge in [-0.25, -0.2) is 12.8 Å². The Balaban J connectivity index is 1.40. The molecule has 2 heterocycles. The minimum Gasteiger partial charge on any atom is -0.366 e. The van der Waals surface area contributed by atoms with Crippen LogP contribution in [0.1, 0.15) is 53.1 Å². The number of rotatable bonds is 10. The van der Waals surface area contributed by atoms with E-state index in [9.17, 15) is 22.4 Å². The van der Waals surface area contributed by atoms with E-state index in [1.165, 1.54) is 12.1 Å². The van der Waals surface area contributed by atoms with E-state index in [1.807, 2.05) is 12.1 Å². The highest BCUT2D eigenvalue weighted by atomic mass is 32.2. The predicted octanol–water partition coefficient (Wildman–Crippen LogP) is 2.75. The van der Waals surface area contributed by atoms with Gasteiger partial charge in [-0.2, -0.15) is 0 Å². The van der Waals surface area contributed by atoms with E-state index < -0.39 is 27.4 Å². The van der Waals surface area contributed by atoms with Crippen molar-refractivity contribution >= 4 is 21.7 Å². The molecule has 2 atom stereocenters. The molecular weight excluding hydrogens is 481 g/mol. The highest BCUT2D eigenvalue weighted by molar-refractivity contribution is 7.91. The van der Waals surface area contributed by atoms with E-state index in [4.69, 9.17) is 5.73 Å². The first-order valence-corrected chi connectivity index (χ1v) is 14.5. The Hall–Kier alpha value is -2.78. The number of nitrogens with zero attached hydrogens (tertiary/aromatic N) is 2. The molecule has 2 amide bonds. The molecule has 2 unspecified atom stereocenters. The third-order valence-corrected chi connectivity index (χ3v) is 8.25. The summed E-state index contributed by atoms with van der Waals surface area (Å²) >= 11 is 0. The molecular formula is C27H34FN3O4S. The van der Waals surface area contributed by atoms with Crippen LogP contribution >= 0.6 is 0 Å². The van der Waals surface area contributed by atoms with Crippen molar-refractivity contribution in [2.24, 2.45) is 5.73 Å². The number of hydrogen-bond donors (Lipinski definition) is 1. The second-order valence-electron chi connectivity index (χ2n) is 10.1. The van der Waals surface area contributed by atoms with Gasteiger partial charge in [0.2, 0.25) is 11.8 Å². The molecule has 2 aromatic rings. The predicted molar refractivity (Wildman–Crippen MR) is 137 cm³/mol. The third-order valence-electron chi connectivity index (χ3n) is 7.48. The molecule has 2 aliphatic heterocycles. The van der Waals surface area contributed by atoms with Crippen LogP contribution in [0.5, 0.6) is 0 Å². The Morgan fingerprint density at radius 2 is 1.72 bits per heavy atom. The van der Waals surface area contributed by atoms with Gasteiger partial charge in [-0.3, -0.25) is 14.5 Å². The lowest BCUT2D eigenvalue weighted by atomic mass is 9.84. The van der Waals surface area contributed by atoms with Crippen molar-refractivity contribution in [2.75, 3.05) is 31.6 Å². The van der Waals surface area contributed by atoms with Crippen LogP contribution in [0, 0.1) is 5.82 Å². The molecule has 2 saturated heterocycles. The Kier molecular flexibility index (Phi) is 8.10. The molecule has 2 aromatic carbocycles. The van der Waals surface area contributed by atoms with E-state index in [0.717, 1.165) is 43.1 Å². The highest BCUT2D eigenvalue weighted by Gasteiger charge is 2.41. The molecule has 0 spiro atoms. The summed E-state index contributed by atoms with van der Waals surface area (Å²) in [5.41, 5.74) is 8.04. The number of fused-ring (bicyclic) bond motifs is 2. The lowest BCUT2D eigenvalue weighted by molar-refractivity contribution is -0.128. The topological polar surface area (TPSA) is 101 Å². The van der Waals surface area contributed by atoms with E-state index in [2.05, 4.69) is 11.0 Å². The van der Waals surface area contributed by atoms with Gasteiger partial charge < -0.3 is 10.6 Å². The zero-order valence-corrected chi connectivity index (χ0v) is 21.4. The molecule has 2 N–H and O–H groups in total. The second-order valence-corrected chi connectivity index (χ2v) is 12.2. The van der Waals surface area contributed by atoms with Gasteiger partial charge in [0.05, 0.1) is 0 Å². The fourth-order valence-electron chi connectivity index (χ4n) is 5.69. The first-order chi connectivity index (χ1) is 17.1. The first-order valence-electron chi connectivity index (χ1n) is 12.4. The van der Waals surface area contributed by atoms with E-state index in [-0.39, 0.29) is 5.82 Å². The van der Waals surface area contributed by atoms with Gasteiger partial charge in [0.15, 0.2) is 9.84 Å². The lowest BCUT2D eigenvalue weighted by Crippen LogP contribution is -2.48. The second kappa shape index (κ2) is 11.1. The van der Waals surface area contributed by atoms with Crippen LogP contribution in [-0.4, -0.2) is 73.8 Å². The summed E-state index contributed by atoms with van der Waals surface area (Å²) in [5.74, 6) is -1.29. The smallest absolute Gasteiger partial charge is 0.248 e. The molecule has 2 bridgehead atoms. The lowest BCUT2D eigenvalue weighted by Gasteiger charge is -2.40. The Bertz CT molecular complexity index is 1190.